The number of amides is 1. The van der Waals surface area contributed by atoms with Crippen molar-refractivity contribution in [3.05, 3.63) is 87.7 Å². The van der Waals surface area contributed by atoms with Gasteiger partial charge in [-0.2, -0.15) is 5.10 Å². The molecule has 1 heterocycles. The highest BCUT2D eigenvalue weighted by atomic mass is 35.5. The first-order chi connectivity index (χ1) is 13.8. The second-order valence-corrected chi connectivity index (χ2v) is 7.91. The molecule has 1 N–H and O–H groups in total. The highest BCUT2D eigenvalue weighted by Gasteiger charge is 2.13. The van der Waals surface area contributed by atoms with Gasteiger partial charge in [0.1, 0.15) is 0 Å². The molecule has 2 aromatic carbocycles. The van der Waals surface area contributed by atoms with Crippen LogP contribution in [-0.2, 0) is 11.3 Å². The number of aromatic nitrogens is 2. The monoisotopic (exact) mass is 407 g/mol. The van der Waals surface area contributed by atoms with Crippen molar-refractivity contribution in [1.29, 1.82) is 0 Å². The Kier molecular flexibility index (Phi) is 6.55. The van der Waals surface area contributed by atoms with E-state index in [9.17, 15) is 4.79 Å². The highest BCUT2D eigenvalue weighted by molar-refractivity contribution is 6.30. The average Bonchev–Trinajstić information content (AvgIpc) is 2.94. The van der Waals surface area contributed by atoms with Gasteiger partial charge in [0.2, 0.25) is 5.91 Å². The van der Waals surface area contributed by atoms with Gasteiger partial charge in [-0.05, 0) is 54.7 Å². The molecule has 0 aliphatic heterocycles. The largest absolute Gasteiger partial charge is 0.319 e. The molecule has 0 saturated carbocycles. The smallest absolute Gasteiger partial charge is 0.248 e. The lowest BCUT2D eigenvalue weighted by Crippen LogP contribution is -2.10. The Balaban J connectivity index is 1.69. The number of benzene rings is 2. The van der Waals surface area contributed by atoms with Crippen LogP contribution in [-0.4, -0.2) is 15.7 Å². The second-order valence-electron chi connectivity index (χ2n) is 7.48. The van der Waals surface area contributed by atoms with Crippen LogP contribution >= 0.6 is 11.6 Å². The van der Waals surface area contributed by atoms with Crippen molar-refractivity contribution in [1.82, 2.24) is 9.78 Å². The lowest BCUT2D eigenvalue weighted by Gasteiger charge is -2.07. The molecule has 0 aliphatic rings. The Morgan fingerprint density at radius 2 is 1.90 bits per heavy atom. The number of nitrogens with zero attached hydrogens (tertiary/aromatic N) is 2. The number of aryl methyl sites for hydroxylation is 1. The average molecular weight is 408 g/mol. The number of hydrogen-bond acceptors (Lipinski definition) is 2. The zero-order valence-corrected chi connectivity index (χ0v) is 18.0. The third-order valence-corrected chi connectivity index (χ3v) is 5.12. The van der Waals surface area contributed by atoms with Crippen LogP contribution < -0.4 is 5.32 Å². The van der Waals surface area contributed by atoms with Crippen LogP contribution in [0.3, 0.4) is 0 Å². The van der Waals surface area contributed by atoms with E-state index in [2.05, 4.69) is 36.4 Å². The van der Waals surface area contributed by atoms with Gasteiger partial charge in [0.15, 0.2) is 0 Å². The second kappa shape index (κ2) is 9.10. The summed E-state index contributed by atoms with van der Waals surface area (Å²) < 4.78 is 1.88. The molecule has 1 amide bonds. The number of halogens is 1. The number of anilines is 1. The summed E-state index contributed by atoms with van der Waals surface area (Å²) in [6.07, 6.45) is 3.37. The molecular formula is C24H26ClN3O. The van der Waals surface area contributed by atoms with Crippen molar-refractivity contribution in [3.63, 3.8) is 0 Å². The Morgan fingerprint density at radius 3 is 2.55 bits per heavy atom. The molecule has 4 nitrogen and oxygen atoms in total. The summed E-state index contributed by atoms with van der Waals surface area (Å²) >= 11 is 6.07. The van der Waals surface area contributed by atoms with E-state index in [0.29, 0.717) is 17.5 Å². The van der Waals surface area contributed by atoms with Gasteiger partial charge in [0, 0.05) is 11.1 Å². The minimum Gasteiger partial charge on any atom is -0.319 e. The number of carbonyl (C=O) groups excluding carboxylic acids is 1. The molecule has 0 saturated heterocycles. The normalized spacial score (nSPS) is 11.4. The maximum atomic E-state index is 12.4. The van der Waals surface area contributed by atoms with E-state index in [1.807, 2.05) is 61.0 Å². The Morgan fingerprint density at radius 1 is 1.17 bits per heavy atom. The van der Waals surface area contributed by atoms with Gasteiger partial charge in [-0.1, -0.05) is 61.8 Å². The standard InChI is InChI=1S/C24H26ClN3O/c1-16(2)21-11-8-19(9-12-21)10-13-23(29)26-24-17(3)27-28(18(24)4)15-20-6-5-7-22(25)14-20/h5-14,16H,15H2,1-4H3,(H,26,29)/b13-10+. The number of hydrogen-bond donors (Lipinski definition) is 1. The molecular weight excluding hydrogens is 382 g/mol. The molecule has 0 atom stereocenters. The summed E-state index contributed by atoms with van der Waals surface area (Å²) in [4.78, 5) is 12.4. The van der Waals surface area contributed by atoms with Crippen LogP contribution in [0, 0.1) is 13.8 Å². The lowest BCUT2D eigenvalue weighted by molar-refractivity contribution is -0.111. The van der Waals surface area contributed by atoms with Crippen LogP contribution in [0.15, 0.2) is 54.6 Å². The summed E-state index contributed by atoms with van der Waals surface area (Å²) in [7, 11) is 0. The van der Waals surface area contributed by atoms with Gasteiger partial charge >= 0.3 is 0 Å². The maximum absolute atomic E-state index is 12.4. The topological polar surface area (TPSA) is 46.9 Å². The van der Waals surface area contributed by atoms with Crippen LogP contribution in [0.25, 0.3) is 6.08 Å². The molecule has 0 unspecified atom stereocenters. The Labute approximate surface area is 177 Å². The number of rotatable bonds is 6. The third-order valence-electron chi connectivity index (χ3n) is 4.88. The maximum Gasteiger partial charge on any atom is 0.248 e. The van der Waals surface area contributed by atoms with Crippen LogP contribution in [0.2, 0.25) is 5.02 Å². The van der Waals surface area contributed by atoms with E-state index in [4.69, 9.17) is 11.6 Å². The summed E-state index contributed by atoms with van der Waals surface area (Å²) in [5, 5.41) is 8.23. The van der Waals surface area contributed by atoms with E-state index in [1.165, 1.54) is 5.56 Å². The zero-order valence-electron chi connectivity index (χ0n) is 17.2. The van der Waals surface area contributed by atoms with Crippen LogP contribution in [0.1, 0.15) is 47.8 Å². The van der Waals surface area contributed by atoms with Crippen molar-refractivity contribution in [2.75, 3.05) is 5.32 Å². The van der Waals surface area contributed by atoms with Gasteiger partial charge in [0.05, 0.1) is 23.6 Å². The number of nitrogens with one attached hydrogen (secondary N) is 1. The number of carbonyl (C=O) groups is 1. The first-order valence-corrected chi connectivity index (χ1v) is 10.1. The van der Waals surface area contributed by atoms with Crippen molar-refractivity contribution < 1.29 is 4.79 Å². The fourth-order valence-electron chi connectivity index (χ4n) is 3.17. The molecule has 3 aromatic rings. The first-order valence-electron chi connectivity index (χ1n) is 9.71. The van der Waals surface area contributed by atoms with Gasteiger partial charge in [-0.25, -0.2) is 0 Å². The van der Waals surface area contributed by atoms with Crippen molar-refractivity contribution in [2.24, 2.45) is 0 Å². The molecule has 0 spiro atoms. The van der Waals surface area contributed by atoms with Gasteiger partial charge in [-0.15, -0.1) is 0 Å². The summed E-state index contributed by atoms with van der Waals surface area (Å²) in [6, 6.07) is 15.9. The predicted octanol–water partition coefficient (Wildman–Crippen LogP) is 5.98. The third kappa shape index (κ3) is 5.36. The highest BCUT2D eigenvalue weighted by Crippen LogP contribution is 2.21. The molecule has 150 valence electrons. The summed E-state index contributed by atoms with van der Waals surface area (Å²) in [5.41, 5.74) is 5.78. The summed E-state index contributed by atoms with van der Waals surface area (Å²) in [5.74, 6) is 0.317. The van der Waals surface area contributed by atoms with Gasteiger partial charge in [0.25, 0.3) is 0 Å². The quantitative estimate of drug-likeness (QED) is 0.511. The van der Waals surface area contributed by atoms with E-state index in [0.717, 1.165) is 28.2 Å². The molecule has 29 heavy (non-hydrogen) atoms. The van der Waals surface area contributed by atoms with Gasteiger partial charge < -0.3 is 5.32 Å². The molecule has 1 aromatic heterocycles. The van der Waals surface area contributed by atoms with E-state index < -0.39 is 0 Å². The van der Waals surface area contributed by atoms with E-state index >= 15 is 0 Å². The van der Waals surface area contributed by atoms with E-state index in [-0.39, 0.29) is 5.91 Å². The Bertz CT molecular complexity index is 1030. The fraction of sp³-hybridized carbons (Fsp3) is 0.250. The van der Waals surface area contributed by atoms with Crippen LogP contribution in [0.5, 0.6) is 0 Å². The fourth-order valence-corrected chi connectivity index (χ4v) is 3.38. The minimum atomic E-state index is -0.175. The van der Waals surface area contributed by atoms with E-state index in [1.54, 1.807) is 6.08 Å². The molecule has 3 rings (SSSR count). The zero-order chi connectivity index (χ0) is 21.0. The molecule has 0 bridgehead atoms. The Hall–Kier alpha value is -2.85. The van der Waals surface area contributed by atoms with Crippen molar-refractivity contribution in [3.8, 4) is 0 Å². The van der Waals surface area contributed by atoms with Crippen molar-refractivity contribution >= 4 is 29.3 Å². The first kappa shape index (κ1) is 20.9. The minimum absolute atomic E-state index is 0.175. The molecule has 5 heteroatoms. The molecule has 0 radical (unpaired) electrons. The molecule has 0 aliphatic carbocycles. The molecule has 0 fully saturated rings. The van der Waals surface area contributed by atoms with Gasteiger partial charge in [-0.3, -0.25) is 9.48 Å². The van der Waals surface area contributed by atoms with Crippen LogP contribution in [0.4, 0.5) is 5.69 Å². The predicted molar refractivity (Wildman–Crippen MR) is 120 cm³/mol. The SMILES string of the molecule is Cc1nn(Cc2cccc(Cl)c2)c(C)c1NC(=O)/C=C/c1ccc(C(C)C)cc1. The van der Waals surface area contributed by atoms with Crippen molar-refractivity contribution in [2.45, 2.75) is 40.2 Å². The summed E-state index contributed by atoms with van der Waals surface area (Å²) in [6.45, 7) is 8.77. The lowest BCUT2D eigenvalue weighted by atomic mass is 10.0.